The van der Waals surface area contributed by atoms with Crippen molar-refractivity contribution in [2.75, 3.05) is 23.4 Å². The van der Waals surface area contributed by atoms with Crippen molar-refractivity contribution >= 4 is 43.3 Å². The molecule has 2 saturated carbocycles. The Labute approximate surface area is 213 Å². The van der Waals surface area contributed by atoms with Crippen molar-refractivity contribution in [3.05, 3.63) is 23.1 Å². The molecule has 4 atom stereocenters. The van der Waals surface area contributed by atoms with Crippen LogP contribution in [-0.2, 0) is 10.0 Å². The molecule has 13 heteroatoms. The molecule has 3 heterocycles. The van der Waals surface area contributed by atoms with Gasteiger partial charge in [-0.25, -0.2) is 23.1 Å². The highest BCUT2D eigenvalue weighted by Crippen LogP contribution is 2.39. The third-order valence-electron chi connectivity index (χ3n) is 6.76. The summed E-state index contributed by atoms with van der Waals surface area (Å²) in [5.74, 6) is 0.0800. The average molecular weight is 534 g/mol. The number of nitrogens with one attached hydrogen (secondary N) is 3. The van der Waals surface area contributed by atoms with Gasteiger partial charge in [-0.1, -0.05) is 0 Å². The minimum atomic E-state index is -3.55. The van der Waals surface area contributed by atoms with Crippen LogP contribution in [0, 0.1) is 26.7 Å². The first-order valence-electron chi connectivity index (χ1n) is 12.0. The minimum absolute atomic E-state index is 0.263. The Kier molecular flexibility index (Phi) is 6.62. The largest absolute Gasteiger partial charge is 0.390 e. The maximum Gasteiger partial charge on any atom is 0.225 e. The van der Waals surface area contributed by atoms with E-state index in [1.54, 1.807) is 0 Å². The number of aromatic nitrogens is 4. The first-order valence-corrected chi connectivity index (χ1v) is 14.5. The van der Waals surface area contributed by atoms with E-state index in [9.17, 15) is 18.6 Å². The summed E-state index contributed by atoms with van der Waals surface area (Å²) >= 11 is 1.52. The van der Waals surface area contributed by atoms with E-state index >= 15 is 0 Å². The Balaban J connectivity index is 1.52. The van der Waals surface area contributed by atoms with E-state index in [0.717, 1.165) is 45.1 Å². The maximum atomic E-state index is 12.1. The van der Waals surface area contributed by atoms with Gasteiger partial charge in [0.1, 0.15) is 22.4 Å². The van der Waals surface area contributed by atoms with Gasteiger partial charge in [-0.3, -0.25) is 4.98 Å². The Bertz CT molecular complexity index is 1410. The van der Waals surface area contributed by atoms with Crippen LogP contribution in [0.4, 0.5) is 11.8 Å². The van der Waals surface area contributed by atoms with E-state index in [4.69, 9.17) is 9.97 Å². The molecular formula is C23H31N7O4S2. The maximum absolute atomic E-state index is 12.1. The number of fused-ring (bicyclic) bond motifs is 1. The fourth-order valence-corrected chi connectivity index (χ4v) is 6.99. The zero-order chi connectivity index (χ0) is 25.8. The monoisotopic (exact) mass is 533 g/mol. The summed E-state index contributed by atoms with van der Waals surface area (Å²) in [5, 5.41) is 28.7. The van der Waals surface area contributed by atoms with E-state index in [1.807, 2.05) is 26.8 Å². The second-order valence-corrected chi connectivity index (χ2v) is 12.7. The van der Waals surface area contributed by atoms with Crippen LogP contribution in [0.2, 0.25) is 0 Å². The number of hydrogen-bond acceptors (Lipinski definition) is 11. The fourth-order valence-electron chi connectivity index (χ4n) is 4.72. The van der Waals surface area contributed by atoms with Gasteiger partial charge < -0.3 is 20.8 Å². The van der Waals surface area contributed by atoms with Crippen LogP contribution in [-0.4, -0.2) is 75.7 Å². The van der Waals surface area contributed by atoms with Gasteiger partial charge in [0, 0.05) is 17.7 Å². The van der Waals surface area contributed by atoms with Gasteiger partial charge in [-0.05, 0) is 53.1 Å². The number of thiazole rings is 1. The lowest BCUT2D eigenvalue weighted by Gasteiger charge is -2.21. The van der Waals surface area contributed by atoms with Gasteiger partial charge in [-0.2, -0.15) is 4.98 Å². The van der Waals surface area contributed by atoms with Crippen LogP contribution in [0.5, 0.6) is 0 Å². The molecule has 2 fully saturated rings. The van der Waals surface area contributed by atoms with Gasteiger partial charge >= 0.3 is 0 Å². The first kappa shape index (κ1) is 25.2. The molecular weight excluding hydrogens is 502 g/mol. The molecule has 36 heavy (non-hydrogen) atoms. The zero-order valence-electron chi connectivity index (χ0n) is 20.6. The topological polar surface area (TPSA) is 162 Å². The molecule has 3 aromatic rings. The second kappa shape index (κ2) is 9.45. The van der Waals surface area contributed by atoms with Gasteiger partial charge in [0.2, 0.25) is 16.0 Å². The highest BCUT2D eigenvalue weighted by Gasteiger charge is 2.43. The molecule has 0 amide bonds. The Hall–Kier alpha value is -2.45. The smallest absolute Gasteiger partial charge is 0.225 e. The van der Waals surface area contributed by atoms with E-state index in [-0.39, 0.29) is 12.2 Å². The van der Waals surface area contributed by atoms with Crippen molar-refractivity contribution in [1.29, 1.82) is 0 Å². The van der Waals surface area contributed by atoms with Crippen LogP contribution in [0.15, 0.2) is 6.07 Å². The van der Waals surface area contributed by atoms with Crippen LogP contribution in [0.25, 0.3) is 20.8 Å². The zero-order valence-corrected chi connectivity index (χ0v) is 22.2. The van der Waals surface area contributed by atoms with Crippen molar-refractivity contribution in [2.24, 2.45) is 5.92 Å². The molecule has 0 radical (unpaired) electrons. The van der Waals surface area contributed by atoms with Gasteiger partial charge in [-0.15, -0.1) is 11.3 Å². The van der Waals surface area contributed by atoms with Gasteiger partial charge in [0.25, 0.3) is 0 Å². The lowest BCUT2D eigenvalue weighted by molar-refractivity contribution is 0.0216. The molecule has 0 bridgehead atoms. The van der Waals surface area contributed by atoms with Crippen LogP contribution >= 0.6 is 11.3 Å². The van der Waals surface area contributed by atoms with E-state index < -0.39 is 34.2 Å². The standard InChI is InChI=1S/C23H31N7O4S2/c1-10-7-16-18(12(3)25-10)29-22(35-16)17-11(2)26-23(27-14-5-6-14)30-21(17)28-15-8-13(19(31)20(15)32)9-36(33,34)24-4/h7,13-15,19-20,24,31-32H,5-6,8-9H2,1-4H3,(H2,26,27,28,30)/t13-,15?,19-,20+/m1/s1. The molecule has 0 spiro atoms. The number of rotatable bonds is 8. The third-order valence-corrected chi connectivity index (χ3v) is 9.27. The highest BCUT2D eigenvalue weighted by molar-refractivity contribution is 7.89. The number of aryl methyl sites for hydroxylation is 3. The Morgan fingerprint density at radius 3 is 2.47 bits per heavy atom. The molecule has 1 unspecified atom stereocenters. The normalized spacial score (nSPS) is 24.4. The van der Waals surface area contributed by atoms with Crippen molar-refractivity contribution in [2.45, 2.75) is 64.3 Å². The molecule has 3 aromatic heterocycles. The summed E-state index contributed by atoms with van der Waals surface area (Å²) in [6.45, 7) is 5.77. The number of pyridine rings is 1. The number of aliphatic hydroxyl groups excluding tert-OH is 2. The Morgan fingerprint density at radius 2 is 1.78 bits per heavy atom. The van der Waals surface area contributed by atoms with E-state index in [0.29, 0.717) is 23.4 Å². The predicted octanol–water partition coefficient (Wildman–Crippen LogP) is 1.72. The molecule has 5 rings (SSSR count). The lowest BCUT2D eigenvalue weighted by Crippen LogP contribution is -2.37. The average Bonchev–Trinajstić information content (AvgIpc) is 3.46. The number of sulfonamides is 1. The number of anilines is 2. The molecule has 0 saturated heterocycles. The van der Waals surface area contributed by atoms with Crippen LogP contribution in [0.3, 0.4) is 0 Å². The van der Waals surface area contributed by atoms with Crippen LogP contribution in [0.1, 0.15) is 36.3 Å². The summed E-state index contributed by atoms with van der Waals surface area (Å²) in [6.07, 6.45) is 0.0470. The lowest BCUT2D eigenvalue weighted by atomic mass is 10.1. The van der Waals surface area contributed by atoms with Gasteiger partial charge in [0.05, 0.1) is 39.5 Å². The highest BCUT2D eigenvalue weighted by atomic mass is 32.2. The van der Waals surface area contributed by atoms with Crippen molar-refractivity contribution in [3.8, 4) is 10.6 Å². The second-order valence-electron chi connectivity index (χ2n) is 9.70. The molecule has 0 aromatic carbocycles. The summed E-state index contributed by atoms with van der Waals surface area (Å²) in [6, 6.07) is 1.75. The first-order chi connectivity index (χ1) is 17.0. The van der Waals surface area contributed by atoms with Crippen molar-refractivity contribution in [1.82, 2.24) is 24.7 Å². The summed E-state index contributed by atoms with van der Waals surface area (Å²) in [4.78, 5) is 18.8. The number of hydrogen-bond donors (Lipinski definition) is 5. The molecule has 11 nitrogen and oxygen atoms in total. The third kappa shape index (κ3) is 5.02. The van der Waals surface area contributed by atoms with Gasteiger partial charge in [0.15, 0.2) is 0 Å². The molecule has 2 aliphatic carbocycles. The van der Waals surface area contributed by atoms with Crippen molar-refractivity contribution < 1.29 is 18.6 Å². The molecule has 194 valence electrons. The fraction of sp³-hybridized carbons (Fsp3) is 0.565. The molecule has 2 aliphatic rings. The predicted molar refractivity (Wildman–Crippen MR) is 140 cm³/mol. The minimum Gasteiger partial charge on any atom is -0.390 e. The Morgan fingerprint density at radius 1 is 1.03 bits per heavy atom. The van der Waals surface area contributed by atoms with E-state index in [2.05, 4.69) is 25.3 Å². The summed E-state index contributed by atoms with van der Waals surface area (Å²) in [7, 11) is -2.21. The summed E-state index contributed by atoms with van der Waals surface area (Å²) in [5.41, 5.74) is 4.01. The van der Waals surface area contributed by atoms with Crippen molar-refractivity contribution in [3.63, 3.8) is 0 Å². The summed E-state index contributed by atoms with van der Waals surface area (Å²) < 4.78 is 27.4. The van der Waals surface area contributed by atoms with E-state index in [1.165, 1.54) is 18.4 Å². The quantitative estimate of drug-likeness (QED) is 0.288. The number of aliphatic hydroxyl groups is 2. The van der Waals surface area contributed by atoms with Crippen LogP contribution < -0.4 is 15.4 Å². The molecule has 0 aliphatic heterocycles. The molecule has 5 N–H and O–H groups in total. The number of nitrogens with zero attached hydrogens (tertiary/aromatic N) is 4. The SMILES string of the molecule is CNS(=O)(=O)C[C@H]1CC(Nc2nc(NC3CC3)nc(C)c2-c2nc3c(C)nc(C)cc3s2)[C@H](O)[C@@H]1O.